The van der Waals surface area contributed by atoms with Crippen LogP contribution >= 0.6 is 0 Å². The number of hydrogen-bond acceptors (Lipinski definition) is 4. The van der Waals surface area contributed by atoms with Crippen LogP contribution in [0.4, 0.5) is 4.39 Å². The Morgan fingerprint density at radius 1 is 1.16 bits per heavy atom. The molecule has 0 bridgehead atoms. The predicted octanol–water partition coefficient (Wildman–Crippen LogP) is 4.76. The molecule has 1 saturated carbocycles. The van der Waals surface area contributed by atoms with Crippen molar-refractivity contribution >= 4 is 5.91 Å². The number of imidazole rings is 1. The highest BCUT2D eigenvalue weighted by Crippen LogP contribution is 2.39. The van der Waals surface area contributed by atoms with Crippen molar-refractivity contribution in [1.82, 2.24) is 19.4 Å². The van der Waals surface area contributed by atoms with Crippen LogP contribution < -0.4 is 0 Å². The van der Waals surface area contributed by atoms with Crippen LogP contribution in [0.25, 0.3) is 17.1 Å². The summed E-state index contributed by atoms with van der Waals surface area (Å²) in [5.74, 6) is 0.297. The van der Waals surface area contributed by atoms with E-state index in [9.17, 15) is 9.18 Å². The summed E-state index contributed by atoms with van der Waals surface area (Å²) in [5, 5.41) is 9.08. The number of piperidine rings is 1. The van der Waals surface area contributed by atoms with Gasteiger partial charge in [0, 0.05) is 30.3 Å². The Bertz CT molecular complexity index is 1210. The molecule has 162 valence electrons. The van der Waals surface area contributed by atoms with Gasteiger partial charge in [0.25, 0.3) is 5.91 Å². The minimum atomic E-state index is -0.608. The summed E-state index contributed by atoms with van der Waals surface area (Å²) in [7, 11) is 0. The molecular formula is C25H24FN5O. The Balaban J connectivity index is 1.62. The third kappa shape index (κ3) is 3.66. The van der Waals surface area contributed by atoms with Crippen LogP contribution in [-0.4, -0.2) is 38.4 Å². The van der Waals surface area contributed by atoms with Crippen molar-refractivity contribution in [1.29, 1.82) is 5.26 Å². The number of amides is 1. The van der Waals surface area contributed by atoms with E-state index in [1.54, 1.807) is 12.3 Å². The zero-order chi connectivity index (χ0) is 22.2. The van der Waals surface area contributed by atoms with E-state index < -0.39 is 5.82 Å². The van der Waals surface area contributed by atoms with Crippen LogP contribution in [0.5, 0.6) is 0 Å². The van der Waals surface area contributed by atoms with E-state index in [4.69, 9.17) is 10.2 Å². The third-order valence-corrected chi connectivity index (χ3v) is 6.33. The molecule has 1 saturated heterocycles. The van der Waals surface area contributed by atoms with Crippen LogP contribution in [0.1, 0.15) is 65.5 Å². The molecule has 1 aromatic carbocycles. The van der Waals surface area contributed by atoms with Crippen LogP contribution in [0, 0.1) is 24.1 Å². The van der Waals surface area contributed by atoms with E-state index in [1.165, 1.54) is 25.0 Å². The van der Waals surface area contributed by atoms with E-state index in [1.807, 2.05) is 34.6 Å². The maximum atomic E-state index is 14.4. The van der Waals surface area contributed by atoms with Gasteiger partial charge in [-0.1, -0.05) is 0 Å². The maximum absolute atomic E-state index is 14.4. The molecule has 1 amide bonds. The Morgan fingerprint density at radius 3 is 2.56 bits per heavy atom. The molecule has 1 aliphatic heterocycles. The lowest BCUT2D eigenvalue weighted by molar-refractivity contribution is 0.0718. The molecule has 2 aliphatic rings. The monoisotopic (exact) mass is 429 g/mol. The lowest BCUT2D eigenvalue weighted by atomic mass is 10.1. The Morgan fingerprint density at radius 2 is 1.94 bits per heavy atom. The van der Waals surface area contributed by atoms with Crippen molar-refractivity contribution in [3.63, 3.8) is 0 Å². The Hall–Kier alpha value is -3.53. The summed E-state index contributed by atoms with van der Waals surface area (Å²) in [4.78, 5) is 24.4. The fourth-order valence-electron chi connectivity index (χ4n) is 4.36. The smallest absolute Gasteiger partial charge is 0.274 e. The summed E-state index contributed by atoms with van der Waals surface area (Å²) in [5.41, 5.74) is 3.40. The second-order valence-electron chi connectivity index (χ2n) is 8.58. The van der Waals surface area contributed by atoms with Gasteiger partial charge in [-0.25, -0.2) is 9.37 Å². The summed E-state index contributed by atoms with van der Waals surface area (Å²) < 4.78 is 16.3. The van der Waals surface area contributed by atoms with E-state index in [-0.39, 0.29) is 11.5 Å². The first kappa shape index (κ1) is 20.4. The zero-order valence-electron chi connectivity index (χ0n) is 18.0. The minimum absolute atomic E-state index is 0.0244. The first-order valence-corrected chi connectivity index (χ1v) is 11.1. The lowest BCUT2D eigenvalue weighted by Gasteiger charge is -2.26. The summed E-state index contributed by atoms with van der Waals surface area (Å²) in [6.07, 6.45) is 7.24. The predicted molar refractivity (Wildman–Crippen MR) is 118 cm³/mol. The standard InChI is InChI=1S/C25H24FN5O/c1-16-23(25(32)30-11-3-2-4-12-30)29-24(18-7-8-19(14-27)21(26)13-18)31(16)20-9-10-22(28-15-20)17-5-6-17/h7-10,13,15,17H,2-6,11-12H2,1H3. The van der Waals surface area contributed by atoms with Gasteiger partial charge in [0.15, 0.2) is 0 Å². The van der Waals surface area contributed by atoms with Gasteiger partial charge in [0.2, 0.25) is 0 Å². The fourth-order valence-corrected chi connectivity index (χ4v) is 4.36. The van der Waals surface area contributed by atoms with E-state index >= 15 is 0 Å². The van der Waals surface area contributed by atoms with Gasteiger partial charge in [-0.05, 0) is 69.4 Å². The molecule has 32 heavy (non-hydrogen) atoms. The Labute approximate surface area is 186 Å². The quantitative estimate of drug-likeness (QED) is 0.599. The normalized spacial score (nSPS) is 16.1. The van der Waals surface area contributed by atoms with Crippen molar-refractivity contribution in [2.45, 2.75) is 44.9 Å². The topological polar surface area (TPSA) is 74.8 Å². The third-order valence-electron chi connectivity index (χ3n) is 6.33. The average molecular weight is 429 g/mol. The number of halogens is 1. The van der Waals surface area contributed by atoms with Crippen LogP contribution in [0.3, 0.4) is 0 Å². The van der Waals surface area contributed by atoms with Crippen molar-refractivity contribution in [2.24, 2.45) is 0 Å². The van der Waals surface area contributed by atoms with Crippen molar-refractivity contribution in [2.75, 3.05) is 13.1 Å². The number of rotatable bonds is 4. The molecule has 7 heteroatoms. The van der Waals surface area contributed by atoms with Crippen LogP contribution in [-0.2, 0) is 0 Å². The van der Waals surface area contributed by atoms with Crippen LogP contribution in [0.15, 0.2) is 36.5 Å². The molecule has 6 nitrogen and oxygen atoms in total. The molecule has 2 fully saturated rings. The number of nitrogens with zero attached hydrogens (tertiary/aromatic N) is 5. The first-order chi connectivity index (χ1) is 15.6. The molecule has 2 aromatic heterocycles. The highest BCUT2D eigenvalue weighted by molar-refractivity contribution is 5.94. The summed E-state index contributed by atoms with van der Waals surface area (Å²) >= 11 is 0. The molecule has 1 aliphatic carbocycles. The van der Waals surface area contributed by atoms with Crippen molar-refractivity contribution in [3.8, 4) is 23.1 Å². The van der Waals surface area contributed by atoms with Gasteiger partial charge in [-0.2, -0.15) is 5.26 Å². The van der Waals surface area contributed by atoms with Gasteiger partial charge in [0.05, 0.1) is 23.1 Å². The molecular weight excluding hydrogens is 405 g/mol. The van der Waals surface area contributed by atoms with Crippen molar-refractivity contribution < 1.29 is 9.18 Å². The van der Waals surface area contributed by atoms with E-state index in [2.05, 4.69) is 4.98 Å². The van der Waals surface area contributed by atoms with E-state index in [0.717, 1.165) is 43.7 Å². The molecule has 0 N–H and O–H groups in total. The minimum Gasteiger partial charge on any atom is -0.337 e. The SMILES string of the molecule is Cc1c(C(=O)N2CCCCC2)nc(-c2ccc(C#N)c(F)c2)n1-c1ccc(C2CC2)nc1. The molecule has 0 radical (unpaired) electrons. The largest absolute Gasteiger partial charge is 0.337 e. The van der Waals surface area contributed by atoms with Gasteiger partial charge in [0.1, 0.15) is 23.4 Å². The second-order valence-corrected chi connectivity index (χ2v) is 8.58. The first-order valence-electron chi connectivity index (χ1n) is 11.1. The molecule has 3 aromatic rings. The Kier molecular flexibility index (Phi) is 5.22. The molecule has 5 rings (SSSR count). The fraction of sp³-hybridized carbons (Fsp3) is 0.360. The zero-order valence-corrected chi connectivity index (χ0v) is 18.0. The number of likely N-dealkylation sites (tertiary alicyclic amines) is 1. The molecule has 0 atom stereocenters. The highest BCUT2D eigenvalue weighted by Gasteiger charge is 2.28. The maximum Gasteiger partial charge on any atom is 0.274 e. The number of benzene rings is 1. The second kappa shape index (κ2) is 8.19. The van der Waals surface area contributed by atoms with Gasteiger partial charge >= 0.3 is 0 Å². The van der Waals surface area contributed by atoms with Gasteiger partial charge < -0.3 is 4.90 Å². The number of pyridine rings is 1. The highest BCUT2D eigenvalue weighted by atomic mass is 19.1. The van der Waals surface area contributed by atoms with Crippen molar-refractivity contribution in [3.05, 3.63) is 65.0 Å². The molecule has 3 heterocycles. The molecule has 0 unspecified atom stereocenters. The van der Waals surface area contributed by atoms with Crippen LogP contribution in [0.2, 0.25) is 0 Å². The summed E-state index contributed by atoms with van der Waals surface area (Å²) in [6.45, 7) is 3.32. The molecule has 0 spiro atoms. The summed E-state index contributed by atoms with van der Waals surface area (Å²) in [6, 6.07) is 10.3. The number of carbonyl (C=O) groups excluding carboxylic acids is 1. The number of carbonyl (C=O) groups is 1. The number of aromatic nitrogens is 3. The number of nitriles is 1. The van der Waals surface area contributed by atoms with Gasteiger partial charge in [-0.15, -0.1) is 0 Å². The average Bonchev–Trinajstić information content (AvgIpc) is 3.62. The van der Waals surface area contributed by atoms with Gasteiger partial charge in [-0.3, -0.25) is 14.3 Å². The number of hydrogen-bond donors (Lipinski definition) is 0. The lowest BCUT2D eigenvalue weighted by Crippen LogP contribution is -2.36. The van der Waals surface area contributed by atoms with E-state index in [0.29, 0.717) is 28.7 Å².